The van der Waals surface area contributed by atoms with Crippen LogP contribution in [0.25, 0.3) is 0 Å². The summed E-state index contributed by atoms with van der Waals surface area (Å²) in [4.78, 5) is 40.5. The van der Waals surface area contributed by atoms with Crippen molar-refractivity contribution >= 4 is 17.8 Å². The van der Waals surface area contributed by atoms with Crippen LogP contribution in [-0.4, -0.2) is 58.9 Å². The lowest BCUT2D eigenvalue weighted by Gasteiger charge is -2.19. The summed E-state index contributed by atoms with van der Waals surface area (Å²) < 4.78 is 0. The summed E-state index contributed by atoms with van der Waals surface area (Å²) in [6.45, 7) is 5.64. The number of carbonyl (C=O) groups excluding carboxylic acids is 2. The van der Waals surface area contributed by atoms with Crippen LogP contribution in [0.5, 0.6) is 0 Å². The fourth-order valence-electron chi connectivity index (χ4n) is 3.89. The highest BCUT2D eigenvalue weighted by Gasteiger charge is 2.40. The average Bonchev–Trinajstić information content (AvgIpc) is 3.20. The Bertz CT molecular complexity index is 876. The zero-order valence-corrected chi connectivity index (χ0v) is 16.7. The van der Waals surface area contributed by atoms with Gasteiger partial charge in [-0.25, -0.2) is 0 Å². The molecule has 0 bridgehead atoms. The van der Waals surface area contributed by atoms with Gasteiger partial charge in [0.2, 0.25) is 0 Å². The number of benzene rings is 2. The van der Waals surface area contributed by atoms with Crippen molar-refractivity contribution in [2.75, 3.05) is 26.2 Å². The van der Waals surface area contributed by atoms with Crippen LogP contribution in [0.4, 0.5) is 0 Å². The molecule has 0 saturated carbocycles. The van der Waals surface area contributed by atoms with Gasteiger partial charge in [-0.3, -0.25) is 14.4 Å². The van der Waals surface area contributed by atoms with Crippen molar-refractivity contribution in [2.24, 2.45) is 5.92 Å². The maximum atomic E-state index is 13.0. The number of amides is 2. The highest BCUT2D eigenvalue weighted by atomic mass is 16.4. The van der Waals surface area contributed by atoms with E-state index >= 15 is 0 Å². The Kier molecular flexibility index (Phi) is 6.32. The van der Waals surface area contributed by atoms with Gasteiger partial charge in [-0.1, -0.05) is 30.3 Å². The monoisotopic (exact) mass is 394 g/mol. The van der Waals surface area contributed by atoms with Crippen LogP contribution in [0, 0.1) is 5.92 Å². The van der Waals surface area contributed by atoms with Gasteiger partial charge in [0, 0.05) is 43.2 Å². The fraction of sp³-hybridized carbons (Fsp3) is 0.348. The summed E-state index contributed by atoms with van der Waals surface area (Å²) in [6.07, 6.45) is 0. The third kappa shape index (κ3) is 4.31. The molecule has 0 spiro atoms. The summed E-state index contributed by atoms with van der Waals surface area (Å²) >= 11 is 0. The second kappa shape index (κ2) is 8.90. The Morgan fingerprint density at radius 1 is 0.931 bits per heavy atom. The summed E-state index contributed by atoms with van der Waals surface area (Å²) in [7, 11) is 0. The molecule has 1 heterocycles. The maximum Gasteiger partial charge on any atom is 0.308 e. The number of hydrogen-bond donors (Lipinski definition) is 1. The predicted octanol–water partition coefficient (Wildman–Crippen LogP) is 3.11. The van der Waals surface area contributed by atoms with Crippen molar-refractivity contribution in [1.82, 2.24) is 9.80 Å². The van der Waals surface area contributed by atoms with Crippen LogP contribution in [-0.2, 0) is 4.79 Å². The molecule has 0 radical (unpaired) electrons. The van der Waals surface area contributed by atoms with Crippen LogP contribution in [0.2, 0.25) is 0 Å². The minimum atomic E-state index is -0.894. The van der Waals surface area contributed by atoms with E-state index in [4.69, 9.17) is 0 Å². The number of rotatable bonds is 6. The molecule has 1 aliphatic heterocycles. The molecule has 3 rings (SSSR count). The maximum absolute atomic E-state index is 13.0. The van der Waals surface area contributed by atoms with Crippen LogP contribution in [0.1, 0.15) is 46.0 Å². The molecule has 2 aromatic carbocycles. The molecule has 152 valence electrons. The van der Waals surface area contributed by atoms with Crippen molar-refractivity contribution in [3.05, 3.63) is 71.3 Å². The largest absolute Gasteiger partial charge is 0.481 e. The number of carbonyl (C=O) groups is 3. The highest BCUT2D eigenvalue weighted by Crippen LogP contribution is 2.33. The van der Waals surface area contributed by atoms with E-state index in [-0.39, 0.29) is 24.3 Å². The number of nitrogens with zero attached hydrogens (tertiary/aromatic N) is 2. The first-order chi connectivity index (χ1) is 14.0. The van der Waals surface area contributed by atoms with E-state index in [2.05, 4.69) is 0 Å². The van der Waals surface area contributed by atoms with E-state index in [0.29, 0.717) is 30.8 Å². The van der Waals surface area contributed by atoms with E-state index in [0.717, 1.165) is 5.56 Å². The topological polar surface area (TPSA) is 77.9 Å². The van der Waals surface area contributed by atoms with Gasteiger partial charge in [-0.15, -0.1) is 0 Å². The van der Waals surface area contributed by atoms with E-state index in [1.165, 1.54) is 0 Å². The molecule has 29 heavy (non-hydrogen) atoms. The van der Waals surface area contributed by atoms with Crippen molar-refractivity contribution < 1.29 is 19.5 Å². The second-order valence-corrected chi connectivity index (χ2v) is 7.23. The molecule has 6 nitrogen and oxygen atoms in total. The van der Waals surface area contributed by atoms with E-state index in [9.17, 15) is 19.5 Å². The van der Waals surface area contributed by atoms with Crippen molar-refractivity contribution in [1.29, 1.82) is 0 Å². The molecule has 2 unspecified atom stereocenters. The van der Waals surface area contributed by atoms with Gasteiger partial charge in [-0.2, -0.15) is 0 Å². The Labute approximate surface area is 170 Å². The number of carboxylic acid groups (broad SMARTS) is 1. The highest BCUT2D eigenvalue weighted by molar-refractivity contribution is 5.98. The van der Waals surface area contributed by atoms with E-state index in [1.54, 1.807) is 34.1 Å². The third-order valence-electron chi connectivity index (χ3n) is 5.58. The first-order valence-electron chi connectivity index (χ1n) is 9.92. The Morgan fingerprint density at radius 3 is 2.07 bits per heavy atom. The van der Waals surface area contributed by atoms with E-state index in [1.807, 2.05) is 44.2 Å². The summed E-state index contributed by atoms with van der Waals surface area (Å²) in [5, 5.41) is 9.63. The predicted molar refractivity (Wildman–Crippen MR) is 110 cm³/mol. The fourth-order valence-corrected chi connectivity index (χ4v) is 3.89. The molecule has 2 aromatic rings. The first kappa shape index (κ1) is 20.6. The van der Waals surface area contributed by atoms with Gasteiger partial charge in [-0.05, 0) is 43.7 Å². The number of hydrogen-bond acceptors (Lipinski definition) is 3. The molecule has 0 aromatic heterocycles. The quantitative estimate of drug-likeness (QED) is 0.817. The lowest BCUT2D eigenvalue weighted by atomic mass is 9.89. The zero-order chi connectivity index (χ0) is 21.0. The molecule has 6 heteroatoms. The van der Waals surface area contributed by atoms with Gasteiger partial charge in [0.25, 0.3) is 11.8 Å². The van der Waals surface area contributed by atoms with Gasteiger partial charge in [0.1, 0.15) is 0 Å². The SMILES string of the molecule is CCN(CC)C(=O)c1ccc(C(=O)N2CC(C(=O)O)C(c3ccccc3)C2)cc1. The normalized spacial score (nSPS) is 18.5. The smallest absolute Gasteiger partial charge is 0.308 e. The van der Waals surface area contributed by atoms with Crippen LogP contribution in [0.3, 0.4) is 0 Å². The molecule has 2 amide bonds. The molecule has 1 aliphatic rings. The summed E-state index contributed by atoms with van der Waals surface area (Å²) in [5.41, 5.74) is 1.92. The Hall–Kier alpha value is -3.15. The Morgan fingerprint density at radius 2 is 1.52 bits per heavy atom. The van der Waals surface area contributed by atoms with Crippen molar-refractivity contribution in [3.63, 3.8) is 0 Å². The lowest BCUT2D eigenvalue weighted by Crippen LogP contribution is -2.31. The van der Waals surface area contributed by atoms with Gasteiger partial charge in [0.05, 0.1) is 5.92 Å². The number of carboxylic acids is 1. The Balaban J connectivity index is 1.76. The second-order valence-electron chi connectivity index (χ2n) is 7.23. The average molecular weight is 394 g/mol. The molecule has 1 N–H and O–H groups in total. The molecular formula is C23H26N2O4. The molecular weight excluding hydrogens is 368 g/mol. The summed E-state index contributed by atoms with van der Waals surface area (Å²) in [6, 6.07) is 16.1. The molecule has 0 aliphatic carbocycles. The van der Waals surface area contributed by atoms with Crippen molar-refractivity contribution in [3.8, 4) is 0 Å². The zero-order valence-electron chi connectivity index (χ0n) is 16.7. The minimum absolute atomic E-state index is 0.0646. The summed E-state index contributed by atoms with van der Waals surface area (Å²) in [5.74, 6) is -2.04. The minimum Gasteiger partial charge on any atom is -0.481 e. The third-order valence-corrected chi connectivity index (χ3v) is 5.58. The van der Waals surface area contributed by atoms with Gasteiger partial charge >= 0.3 is 5.97 Å². The van der Waals surface area contributed by atoms with E-state index < -0.39 is 11.9 Å². The standard InChI is InChI=1S/C23H26N2O4/c1-3-24(4-2)21(26)17-10-12-18(13-11-17)22(27)25-14-19(20(15-25)23(28)29)16-8-6-5-7-9-16/h5-13,19-20H,3-4,14-15H2,1-2H3,(H,28,29). The number of likely N-dealkylation sites (tertiary alicyclic amines) is 1. The van der Waals surface area contributed by atoms with Gasteiger partial charge in [0.15, 0.2) is 0 Å². The van der Waals surface area contributed by atoms with Crippen LogP contribution in [0.15, 0.2) is 54.6 Å². The van der Waals surface area contributed by atoms with Crippen LogP contribution >= 0.6 is 0 Å². The molecule has 2 atom stereocenters. The number of aliphatic carboxylic acids is 1. The molecule has 1 saturated heterocycles. The van der Waals surface area contributed by atoms with Crippen molar-refractivity contribution in [2.45, 2.75) is 19.8 Å². The molecule has 1 fully saturated rings. The van der Waals surface area contributed by atoms with Gasteiger partial charge < -0.3 is 14.9 Å². The lowest BCUT2D eigenvalue weighted by molar-refractivity contribution is -0.141. The van der Waals surface area contributed by atoms with Crippen LogP contribution < -0.4 is 0 Å². The first-order valence-corrected chi connectivity index (χ1v) is 9.92.